The molecule has 25 heavy (non-hydrogen) atoms. The molecule has 0 aliphatic carbocycles. The maximum absolute atomic E-state index is 12.5. The third-order valence-electron chi connectivity index (χ3n) is 3.83. The highest BCUT2D eigenvalue weighted by Crippen LogP contribution is 2.23. The SMILES string of the molecule is O=S(=O)(NCc1cccs1)c1ccc2nc(-c3ccccc3)[nH]c2c1. The number of nitrogens with zero attached hydrogens (tertiary/aromatic N) is 1. The summed E-state index contributed by atoms with van der Waals surface area (Å²) in [5.41, 5.74) is 2.38. The van der Waals surface area contributed by atoms with Gasteiger partial charge in [0, 0.05) is 17.0 Å². The van der Waals surface area contributed by atoms with Crippen LogP contribution < -0.4 is 4.72 Å². The van der Waals surface area contributed by atoms with Crippen LogP contribution in [0.3, 0.4) is 0 Å². The van der Waals surface area contributed by atoms with Crippen LogP contribution in [0.2, 0.25) is 0 Å². The fraction of sp³-hybridized carbons (Fsp3) is 0.0556. The van der Waals surface area contributed by atoms with Gasteiger partial charge in [0.05, 0.1) is 15.9 Å². The number of benzene rings is 2. The molecular weight excluding hydrogens is 354 g/mol. The number of hydrogen-bond acceptors (Lipinski definition) is 4. The summed E-state index contributed by atoms with van der Waals surface area (Å²) >= 11 is 1.52. The van der Waals surface area contributed by atoms with Crippen LogP contribution in [0.4, 0.5) is 0 Å². The van der Waals surface area contributed by atoms with Crippen molar-refractivity contribution in [3.8, 4) is 11.4 Å². The molecule has 0 unspecified atom stereocenters. The minimum atomic E-state index is -3.57. The number of fused-ring (bicyclic) bond motifs is 1. The molecule has 0 atom stereocenters. The van der Waals surface area contributed by atoms with E-state index in [0.29, 0.717) is 5.52 Å². The van der Waals surface area contributed by atoms with Gasteiger partial charge in [0.2, 0.25) is 10.0 Å². The molecule has 4 rings (SSSR count). The molecule has 0 amide bonds. The van der Waals surface area contributed by atoms with E-state index in [-0.39, 0.29) is 11.4 Å². The minimum Gasteiger partial charge on any atom is -0.338 e. The molecule has 0 spiro atoms. The van der Waals surface area contributed by atoms with Gasteiger partial charge in [-0.3, -0.25) is 0 Å². The lowest BCUT2D eigenvalue weighted by Gasteiger charge is -2.05. The zero-order valence-corrected chi connectivity index (χ0v) is 14.8. The van der Waals surface area contributed by atoms with Gasteiger partial charge in [-0.25, -0.2) is 18.1 Å². The van der Waals surface area contributed by atoms with E-state index in [1.54, 1.807) is 18.2 Å². The highest BCUT2D eigenvalue weighted by molar-refractivity contribution is 7.89. The van der Waals surface area contributed by atoms with Crippen LogP contribution in [0.25, 0.3) is 22.4 Å². The number of imidazole rings is 1. The summed E-state index contributed by atoms with van der Waals surface area (Å²) in [6.07, 6.45) is 0. The zero-order valence-electron chi connectivity index (χ0n) is 13.1. The molecule has 0 bridgehead atoms. The van der Waals surface area contributed by atoms with E-state index in [9.17, 15) is 8.42 Å². The fourth-order valence-corrected chi connectivity index (χ4v) is 4.32. The zero-order chi connectivity index (χ0) is 17.3. The van der Waals surface area contributed by atoms with Crippen molar-refractivity contribution in [2.24, 2.45) is 0 Å². The summed E-state index contributed by atoms with van der Waals surface area (Å²) in [6, 6.07) is 18.4. The Kier molecular flexibility index (Phi) is 4.12. The molecule has 7 heteroatoms. The normalized spacial score (nSPS) is 11.8. The number of nitrogens with one attached hydrogen (secondary N) is 2. The lowest BCUT2D eigenvalue weighted by atomic mass is 10.2. The number of rotatable bonds is 5. The lowest BCUT2D eigenvalue weighted by Crippen LogP contribution is -2.22. The summed E-state index contributed by atoms with van der Waals surface area (Å²) in [4.78, 5) is 8.91. The Morgan fingerprint density at radius 2 is 1.88 bits per heavy atom. The first-order valence-corrected chi connectivity index (χ1v) is 10.1. The average molecular weight is 369 g/mol. The van der Waals surface area contributed by atoms with E-state index in [2.05, 4.69) is 14.7 Å². The van der Waals surface area contributed by atoms with Gasteiger partial charge in [-0.2, -0.15) is 0 Å². The van der Waals surface area contributed by atoms with E-state index in [0.717, 1.165) is 21.8 Å². The second-order valence-electron chi connectivity index (χ2n) is 5.53. The van der Waals surface area contributed by atoms with Crippen LogP contribution in [-0.4, -0.2) is 18.4 Å². The quantitative estimate of drug-likeness (QED) is 0.562. The van der Waals surface area contributed by atoms with Crippen LogP contribution in [0.15, 0.2) is 70.9 Å². The van der Waals surface area contributed by atoms with Gasteiger partial charge < -0.3 is 4.98 Å². The second-order valence-corrected chi connectivity index (χ2v) is 8.33. The summed E-state index contributed by atoms with van der Waals surface area (Å²) in [7, 11) is -3.57. The Hall–Kier alpha value is -2.48. The van der Waals surface area contributed by atoms with Crippen molar-refractivity contribution in [1.82, 2.24) is 14.7 Å². The van der Waals surface area contributed by atoms with Gasteiger partial charge in [0.1, 0.15) is 5.82 Å². The van der Waals surface area contributed by atoms with Crippen LogP contribution in [0.1, 0.15) is 4.88 Å². The number of aromatic nitrogens is 2. The van der Waals surface area contributed by atoms with E-state index in [1.165, 1.54) is 11.3 Å². The highest BCUT2D eigenvalue weighted by atomic mass is 32.2. The molecule has 0 aliphatic heterocycles. The lowest BCUT2D eigenvalue weighted by molar-refractivity contribution is 0.582. The molecule has 2 heterocycles. The topological polar surface area (TPSA) is 74.8 Å². The van der Waals surface area contributed by atoms with Gasteiger partial charge in [0.15, 0.2) is 0 Å². The molecular formula is C18H15N3O2S2. The first-order chi connectivity index (χ1) is 12.1. The number of H-pyrrole nitrogens is 1. The number of sulfonamides is 1. The molecule has 0 saturated heterocycles. The highest BCUT2D eigenvalue weighted by Gasteiger charge is 2.16. The van der Waals surface area contributed by atoms with Crippen molar-refractivity contribution in [2.75, 3.05) is 0 Å². The Balaban J connectivity index is 1.64. The van der Waals surface area contributed by atoms with Crippen LogP contribution in [-0.2, 0) is 16.6 Å². The van der Waals surface area contributed by atoms with Crippen molar-refractivity contribution in [3.63, 3.8) is 0 Å². The van der Waals surface area contributed by atoms with E-state index < -0.39 is 10.0 Å². The Bertz CT molecular complexity index is 1100. The molecule has 0 radical (unpaired) electrons. The summed E-state index contributed by atoms with van der Waals surface area (Å²) < 4.78 is 27.6. The van der Waals surface area contributed by atoms with E-state index in [4.69, 9.17) is 0 Å². The van der Waals surface area contributed by atoms with Crippen molar-refractivity contribution >= 4 is 32.4 Å². The maximum Gasteiger partial charge on any atom is 0.240 e. The number of thiophene rings is 1. The largest absolute Gasteiger partial charge is 0.338 e. The molecule has 126 valence electrons. The van der Waals surface area contributed by atoms with E-state index in [1.807, 2.05) is 47.8 Å². The van der Waals surface area contributed by atoms with Crippen LogP contribution in [0.5, 0.6) is 0 Å². The van der Waals surface area contributed by atoms with Crippen molar-refractivity contribution in [3.05, 3.63) is 70.9 Å². The molecule has 0 aliphatic rings. The predicted octanol–water partition coefficient (Wildman–Crippen LogP) is 3.77. The molecule has 2 N–H and O–H groups in total. The van der Waals surface area contributed by atoms with E-state index >= 15 is 0 Å². The minimum absolute atomic E-state index is 0.222. The van der Waals surface area contributed by atoms with Gasteiger partial charge >= 0.3 is 0 Å². The van der Waals surface area contributed by atoms with Gasteiger partial charge in [-0.05, 0) is 29.6 Å². The third kappa shape index (κ3) is 3.34. The smallest absolute Gasteiger partial charge is 0.240 e. The summed E-state index contributed by atoms with van der Waals surface area (Å²) in [5.74, 6) is 0.719. The van der Waals surface area contributed by atoms with Crippen LogP contribution in [0, 0.1) is 0 Å². The molecule has 4 aromatic rings. The fourth-order valence-electron chi connectivity index (χ4n) is 2.55. The van der Waals surface area contributed by atoms with Gasteiger partial charge in [0.25, 0.3) is 0 Å². The molecule has 0 fully saturated rings. The maximum atomic E-state index is 12.5. The molecule has 0 saturated carbocycles. The number of hydrogen-bond donors (Lipinski definition) is 2. The van der Waals surface area contributed by atoms with Gasteiger partial charge in [-0.1, -0.05) is 36.4 Å². The summed E-state index contributed by atoms with van der Waals surface area (Å²) in [5, 5.41) is 1.92. The Morgan fingerprint density at radius 3 is 2.64 bits per heavy atom. The predicted molar refractivity (Wildman–Crippen MR) is 99.9 cm³/mol. The van der Waals surface area contributed by atoms with Crippen molar-refractivity contribution in [2.45, 2.75) is 11.4 Å². The second kappa shape index (κ2) is 6.44. The average Bonchev–Trinajstić information content (AvgIpc) is 3.29. The molecule has 5 nitrogen and oxygen atoms in total. The molecule has 2 aromatic carbocycles. The Labute approximate surface area is 149 Å². The van der Waals surface area contributed by atoms with Gasteiger partial charge in [-0.15, -0.1) is 11.3 Å². The third-order valence-corrected chi connectivity index (χ3v) is 6.10. The van der Waals surface area contributed by atoms with Crippen molar-refractivity contribution < 1.29 is 8.42 Å². The van der Waals surface area contributed by atoms with Crippen LogP contribution >= 0.6 is 11.3 Å². The first kappa shape index (κ1) is 16.0. The summed E-state index contributed by atoms with van der Waals surface area (Å²) in [6.45, 7) is 0.288. The monoisotopic (exact) mass is 369 g/mol. The van der Waals surface area contributed by atoms with Crippen molar-refractivity contribution in [1.29, 1.82) is 0 Å². The Morgan fingerprint density at radius 1 is 1.04 bits per heavy atom. The molecule has 2 aromatic heterocycles. The first-order valence-electron chi connectivity index (χ1n) is 7.69. The number of aromatic amines is 1. The standard InChI is InChI=1S/C18H15N3O2S2/c22-25(23,19-12-14-7-4-10-24-14)15-8-9-16-17(11-15)21-18(20-16)13-5-2-1-3-6-13/h1-11,19H,12H2,(H,20,21).